The van der Waals surface area contributed by atoms with Crippen molar-refractivity contribution in [2.75, 3.05) is 64.4 Å². The van der Waals surface area contributed by atoms with E-state index in [1.807, 2.05) is 13.2 Å². The van der Waals surface area contributed by atoms with Crippen LogP contribution in [0.1, 0.15) is 26.7 Å². The maximum atomic E-state index is 12.8. The molecule has 0 radical (unpaired) electrons. The first-order valence-corrected chi connectivity index (χ1v) is 11.1. The van der Waals surface area contributed by atoms with E-state index in [1.54, 1.807) is 22.8 Å². The van der Waals surface area contributed by atoms with Crippen molar-refractivity contribution in [1.82, 2.24) is 24.9 Å². The molecule has 2 aliphatic heterocycles. The lowest BCUT2D eigenvalue weighted by Crippen LogP contribution is -2.58. The number of aliphatic imine (C=N–C) groups is 1. The first-order chi connectivity index (χ1) is 14.6. The van der Waals surface area contributed by atoms with E-state index >= 15 is 0 Å². The van der Waals surface area contributed by atoms with Gasteiger partial charge in [0.2, 0.25) is 5.91 Å². The van der Waals surface area contributed by atoms with Gasteiger partial charge in [0.25, 0.3) is 0 Å². The molecule has 2 fully saturated rings. The van der Waals surface area contributed by atoms with Crippen molar-refractivity contribution in [3.63, 3.8) is 0 Å². The van der Waals surface area contributed by atoms with Crippen LogP contribution in [0.5, 0.6) is 0 Å². The van der Waals surface area contributed by atoms with E-state index in [2.05, 4.69) is 39.1 Å². The summed E-state index contributed by atoms with van der Waals surface area (Å²) in [6.45, 7) is 10.6. The molecule has 3 heterocycles. The van der Waals surface area contributed by atoms with Crippen molar-refractivity contribution in [3.8, 4) is 0 Å². The average Bonchev–Trinajstić information content (AvgIpc) is 3.20. The van der Waals surface area contributed by atoms with Crippen LogP contribution in [0.15, 0.2) is 17.4 Å². The average molecular weight is 420 g/mol. The fourth-order valence-electron chi connectivity index (χ4n) is 4.54. The number of aromatic nitrogens is 2. The molecule has 1 amide bonds. The number of nitrogens with one attached hydrogen (secondary N) is 1. The quantitative estimate of drug-likeness (QED) is 0.520. The smallest absolute Gasteiger partial charge is 0.246 e. The summed E-state index contributed by atoms with van der Waals surface area (Å²) in [7, 11) is 3.65. The number of hydrogen-bond acceptors (Lipinski definition) is 5. The number of rotatable bonds is 7. The number of nitrogens with zero attached hydrogens (tertiary/aromatic N) is 6. The molecule has 0 saturated carbocycles. The molecule has 1 N–H and O–H groups in total. The maximum absolute atomic E-state index is 12.8. The van der Waals surface area contributed by atoms with Gasteiger partial charge in [-0.1, -0.05) is 26.7 Å². The SMILES string of the molecule is CCC(CC)C(CNC(=NC)N1CCN(c2cnn(C)c2)C(=O)C1)N1CCOCC1. The van der Waals surface area contributed by atoms with Crippen molar-refractivity contribution in [2.24, 2.45) is 18.0 Å². The standard InChI is InChI=1S/C21H37N7O2/c1-5-17(6-2)19(26-9-11-30-12-10-26)14-23-21(22-3)27-7-8-28(20(29)16-27)18-13-24-25(4)15-18/h13,15,17,19H,5-12,14,16H2,1-4H3,(H,22,23). The van der Waals surface area contributed by atoms with Crippen LogP contribution in [-0.2, 0) is 16.6 Å². The minimum Gasteiger partial charge on any atom is -0.379 e. The van der Waals surface area contributed by atoms with Gasteiger partial charge in [-0.15, -0.1) is 0 Å². The van der Waals surface area contributed by atoms with Crippen LogP contribution < -0.4 is 10.2 Å². The summed E-state index contributed by atoms with van der Waals surface area (Å²) in [5.74, 6) is 1.50. The maximum Gasteiger partial charge on any atom is 0.246 e. The lowest BCUT2D eigenvalue weighted by molar-refractivity contribution is -0.120. The Hall–Kier alpha value is -2.13. The van der Waals surface area contributed by atoms with E-state index in [0.717, 1.165) is 63.9 Å². The lowest BCUT2D eigenvalue weighted by atomic mass is 9.92. The molecule has 0 spiro atoms. The van der Waals surface area contributed by atoms with Crippen LogP contribution in [0.2, 0.25) is 0 Å². The van der Waals surface area contributed by atoms with E-state index in [9.17, 15) is 4.79 Å². The first-order valence-electron chi connectivity index (χ1n) is 11.1. The van der Waals surface area contributed by atoms with Crippen molar-refractivity contribution in [3.05, 3.63) is 12.4 Å². The van der Waals surface area contributed by atoms with E-state index in [0.29, 0.717) is 25.0 Å². The van der Waals surface area contributed by atoms with Gasteiger partial charge in [-0.3, -0.25) is 19.4 Å². The number of guanidine groups is 1. The molecule has 168 valence electrons. The zero-order valence-electron chi connectivity index (χ0n) is 18.9. The van der Waals surface area contributed by atoms with E-state index < -0.39 is 0 Å². The Balaban J connectivity index is 1.60. The highest BCUT2D eigenvalue weighted by Gasteiger charge is 2.30. The molecular formula is C21H37N7O2. The number of aryl methyl sites for hydroxylation is 1. The van der Waals surface area contributed by atoms with Crippen LogP contribution in [0, 0.1) is 5.92 Å². The third-order valence-electron chi connectivity index (χ3n) is 6.31. The van der Waals surface area contributed by atoms with Gasteiger partial charge in [0, 0.05) is 59.1 Å². The largest absolute Gasteiger partial charge is 0.379 e. The van der Waals surface area contributed by atoms with Gasteiger partial charge >= 0.3 is 0 Å². The van der Waals surface area contributed by atoms with Crippen LogP contribution >= 0.6 is 0 Å². The molecule has 0 bridgehead atoms. The first kappa shape index (κ1) is 22.6. The molecular weight excluding hydrogens is 382 g/mol. The van der Waals surface area contributed by atoms with Crippen molar-refractivity contribution in [2.45, 2.75) is 32.7 Å². The minimum absolute atomic E-state index is 0.0712. The number of morpholine rings is 1. The number of carbonyl (C=O) groups excluding carboxylic acids is 1. The molecule has 3 rings (SSSR count). The fourth-order valence-corrected chi connectivity index (χ4v) is 4.54. The molecule has 2 saturated heterocycles. The molecule has 1 aromatic heterocycles. The predicted octanol–water partition coefficient (Wildman–Crippen LogP) is 0.781. The molecule has 9 nitrogen and oxygen atoms in total. The Morgan fingerprint density at radius 2 is 1.97 bits per heavy atom. The Labute approximate surface area is 180 Å². The highest BCUT2D eigenvalue weighted by Crippen LogP contribution is 2.20. The number of amides is 1. The summed E-state index contributed by atoms with van der Waals surface area (Å²) in [6.07, 6.45) is 5.93. The van der Waals surface area contributed by atoms with Gasteiger partial charge in [-0.2, -0.15) is 5.10 Å². The Morgan fingerprint density at radius 1 is 1.23 bits per heavy atom. The topological polar surface area (TPSA) is 78.2 Å². The van der Waals surface area contributed by atoms with Crippen LogP contribution in [0.25, 0.3) is 0 Å². The van der Waals surface area contributed by atoms with Crippen LogP contribution in [-0.4, -0.2) is 97.0 Å². The van der Waals surface area contributed by atoms with E-state index in [1.165, 1.54) is 0 Å². The Morgan fingerprint density at radius 3 is 2.53 bits per heavy atom. The number of hydrogen-bond donors (Lipinski definition) is 1. The van der Waals surface area contributed by atoms with Crippen molar-refractivity contribution in [1.29, 1.82) is 0 Å². The van der Waals surface area contributed by atoms with Gasteiger partial charge in [0.1, 0.15) is 6.54 Å². The van der Waals surface area contributed by atoms with E-state index in [-0.39, 0.29) is 5.91 Å². The van der Waals surface area contributed by atoms with Crippen molar-refractivity contribution >= 4 is 17.6 Å². The summed E-state index contributed by atoms with van der Waals surface area (Å²) in [4.78, 5) is 23.6. The summed E-state index contributed by atoms with van der Waals surface area (Å²) in [5, 5.41) is 7.75. The highest BCUT2D eigenvalue weighted by atomic mass is 16.5. The van der Waals surface area contributed by atoms with Gasteiger partial charge in [0.05, 0.1) is 25.1 Å². The Bertz CT molecular complexity index is 710. The van der Waals surface area contributed by atoms with Gasteiger partial charge in [0.15, 0.2) is 5.96 Å². The molecule has 1 atom stereocenters. The summed E-state index contributed by atoms with van der Waals surface area (Å²) in [5.41, 5.74) is 0.853. The monoisotopic (exact) mass is 419 g/mol. The number of ether oxygens (including phenoxy) is 1. The Kier molecular flexibility index (Phi) is 8.09. The zero-order chi connectivity index (χ0) is 21.5. The molecule has 30 heavy (non-hydrogen) atoms. The molecule has 0 aromatic carbocycles. The molecule has 2 aliphatic rings. The number of piperazine rings is 1. The second-order valence-electron chi connectivity index (χ2n) is 8.06. The van der Waals surface area contributed by atoms with Gasteiger partial charge in [-0.25, -0.2) is 0 Å². The minimum atomic E-state index is 0.0712. The summed E-state index contributed by atoms with van der Waals surface area (Å²) < 4.78 is 7.28. The highest BCUT2D eigenvalue weighted by molar-refractivity contribution is 5.98. The molecule has 1 unspecified atom stereocenters. The fraction of sp³-hybridized carbons (Fsp3) is 0.762. The second kappa shape index (κ2) is 10.8. The van der Waals surface area contributed by atoms with Gasteiger partial charge < -0.3 is 19.9 Å². The number of anilines is 1. The predicted molar refractivity (Wildman–Crippen MR) is 119 cm³/mol. The lowest BCUT2D eigenvalue weighted by Gasteiger charge is -2.40. The number of carbonyl (C=O) groups is 1. The summed E-state index contributed by atoms with van der Waals surface area (Å²) >= 11 is 0. The van der Waals surface area contributed by atoms with Crippen LogP contribution in [0.4, 0.5) is 5.69 Å². The summed E-state index contributed by atoms with van der Waals surface area (Å²) in [6, 6.07) is 0.438. The van der Waals surface area contributed by atoms with Crippen molar-refractivity contribution < 1.29 is 9.53 Å². The third-order valence-corrected chi connectivity index (χ3v) is 6.31. The van der Waals surface area contributed by atoms with Crippen LogP contribution in [0.3, 0.4) is 0 Å². The zero-order valence-corrected chi connectivity index (χ0v) is 18.9. The molecule has 9 heteroatoms. The second-order valence-corrected chi connectivity index (χ2v) is 8.06. The molecule has 0 aliphatic carbocycles. The van der Waals surface area contributed by atoms with Gasteiger partial charge in [-0.05, 0) is 5.92 Å². The normalized spacial score (nSPS) is 20.2. The van der Waals surface area contributed by atoms with E-state index in [4.69, 9.17) is 4.74 Å². The molecule has 1 aromatic rings. The third kappa shape index (κ3) is 5.31.